The highest BCUT2D eigenvalue weighted by molar-refractivity contribution is 5.67. The van der Waals surface area contributed by atoms with Crippen LogP contribution in [0.1, 0.15) is 107 Å². The van der Waals surface area contributed by atoms with Crippen molar-refractivity contribution in [3.8, 4) is 0 Å². The molecule has 10 heteroatoms. The number of hydrogen-bond donors (Lipinski definition) is 3. The lowest BCUT2D eigenvalue weighted by Crippen LogP contribution is -2.60. The van der Waals surface area contributed by atoms with Gasteiger partial charge >= 0.3 is 6.09 Å². The van der Waals surface area contributed by atoms with Gasteiger partial charge in [0, 0.05) is 70.4 Å². The van der Waals surface area contributed by atoms with Crippen LogP contribution in [0, 0.1) is 50.7 Å². The summed E-state index contributed by atoms with van der Waals surface area (Å²) in [5.41, 5.74) is -0.911. The number of carbonyl (C=O) groups is 1. The summed E-state index contributed by atoms with van der Waals surface area (Å²) < 4.78 is 24.6. The van der Waals surface area contributed by atoms with Crippen molar-refractivity contribution in [3.63, 3.8) is 0 Å². The molecule has 1 amide bonds. The molecular formula is C42H73N3O7. The zero-order valence-corrected chi connectivity index (χ0v) is 34.0. The molecule has 0 bridgehead atoms. The van der Waals surface area contributed by atoms with Crippen molar-refractivity contribution in [2.24, 2.45) is 50.7 Å². The molecule has 4 unspecified atom stereocenters. The van der Waals surface area contributed by atoms with Crippen LogP contribution in [0.3, 0.4) is 0 Å². The van der Waals surface area contributed by atoms with Gasteiger partial charge < -0.3 is 34.5 Å². The number of methoxy groups -OCH3 is 1. The first-order valence-corrected chi connectivity index (χ1v) is 21.1. The Morgan fingerprint density at radius 2 is 1.63 bits per heavy atom. The maximum Gasteiger partial charge on any atom is 0.407 e. The average molecular weight is 732 g/mol. The fourth-order valence-corrected chi connectivity index (χ4v) is 14.6. The van der Waals surface area contributed by atoms with E-state index in [2.05, 4.69) is 49.7 Å². The molecule has 5 saturated carbocycles. The van der Waals surface area contributed by atoms with Gasteiger partial charge in [-0.25, -0.2) is 4.79 Å². The van der Waals surface area contributed by atoms with Gasteiger partial charge in [-0.3, -0.25) is 9.80 Å². The highest BCUT2D eigenvalue weighted by Gasteiger charge is 2.84. The summed E-state index contributed by atoms with van der Waals surface area (Å²) in [4.78, 5) is 18.1. The maximum atomic E-state index is 13.2. The summed E-state index contributed by atoms with van der Waals surface area (Å²) in [6, 6.07) is 0. The summed E-state index contributed by atoms with van der Waals surface area (Å²) in [6.45, 7) is 25.5. The van der Waals surface area contributed by atoms with Crippen molar-refractivity contribution in [2.45, 2.75) is 143 Å². The normalized spacial score (nSPS) is 46.2. The smallest absolute Gasteiger partial charge is 0.407 e. The van der Waals surface area contributed by atoms with E-state index in [0.717, 1.165) is 84.4 Å². The minimum Gasteiger partial charge on any atom is -0.446 e. The molecule has 0 aromatic heterocycles. The van der Waals surface area contributed by atoms with E-state index in [4.69, 9.17) is 18.9 Å². The largest absolute Gasteiger partial charge is 0.446 e. The predicted molar refractivity (Wildman–Crippen MR) is 201 cm³/mol. The number of aliphatic hydroxyl groups is 2. The Kier molecular flexibility index (Phi) is 10.5. The van der Waals surface area contributed by atoms with Gasteiger partial charge in [0.25, 0.3) is 0 Å². The van der Waals surface area contributed by atoms with E-state index < -0.39 is 17.8 Å². The van der Waals surface area contributed by atoms with Gasteiger partial charge in [0.1, 0.15) is 12.2 Å². The first-order chi connectivity index (χ1) is 24.5. The van der Waals surface area contributed by atoms with E-state index in [1.807, 2.05) is 20.8 Å². The lowest BCUT2D eigenvalue weighted by Gasteiger charge is -2.63. The quantitative estimate of drug-likeness (QED) is 0.260. The van der Waals surface area contributed by atoms with Gasteiger partial charge in [0.15, 0.2) is 0 Å². The molecule has 10 nitrogen and oxygen atoms in total. The number of nitrogens with zero attached hydrogens (tertiary/aromatic N) is 2. The fraction of sp³-hybridized carbons (Fsp3) is 0.976. The van der Waals surface area contributed by atoms with Gasteiger partial charge in [-0.1, -0.05) is 34.6 Å². The molecule has 52 heavy (non-hydrogen) atoms. The van der Waals surface area contributed by atoms with Crippen LogP contribution in [0.5, 0.6) is 0 Å². The summed E-state index contributed by atoms with van der Waals surface area (Å²) in [6.07, 6.45) is 6.84. The Hall–Kier alpha value is -1.01. The number of nitrogens with one attached hydrogen (secondary N) is 1. The molecule has 7 fully saturated rings. The van der Waals surface area contributed by atoms with Gasteiger partial charge in [-0.15, -0.1) is 0 Å². The van der Waals surface area contributed by atoms with Crippen LogP contribution in [0.15, 0.2) is 0 Å². The number of amides is 1. The third-order valence-electron chi connectivity index (χ3n) is 17.2. The number of rotatable bonds is 11. The third kappa shape index (κ3) is 5.93. The van der Waals surface area contributed by atoms with Crippen LogP contribution < -0.4 is 5.32 Å². The summed E-state index contributed by atoms with van der Waals surface area (Å²) in [7, 11) is 1.75. The van der Waals surface area contributed by atoms with E-state index in [0.29, 0.717) is 30.9 Å². The zero-order valence-electron chi connectivity index (χ0n) is 34.0. The molecule has 0 aromatic rings. The van der Waals surface area contributed by atoms with Crippen LogP contribution in [0.4, 0.5) is 4.79 Å². The Morgan fingerprint density at radius 1 is 0.981 bits per heavy atom. The zero-order chi connectivity index (χ0) is 37.5. The highest BCUT2D eigenvalue weighted by atomic mass is 16.6. The number of alkyl carbamates (subject to hydrolysis) is 1. The summed E-state index contributed by atoms with van der Waals surface area (Å²) in [5, 5.41) is 26.8. The molecule has 13 atom stereocenters. The van der Waals surface area contributed by atoms with E-state index in [1.54, 1.807) is 7.11 Å². The average Bonchev–Trinajstić information content (AvgIpc) is 3.72. The fourth-order valence-electron chi connectivity index (χ4n) is 14.6. The Morgan fingerprint density at radius 3 is 2.29 bits per heavy atom. The van der Waals surface area contributed by atoms with Crippen molar-refractivity contribution in [1.29, 1.82) is 0 Å². The molecule has 3 N–H and O–H groups in total. The monoisotopic (exact) mass is 732 g/mol. The molecule has 2 spiro atoms. The van der Waals surface area contributed by atoms with Crippen LogP contribution in [0.2, 0.25) is 0 Å². The topological polar surface area (TPSA) is 113 Å². The number of fused-ring (bicyclic) bond motifs is 4. The second-order valence-corrected chi connectivity index (χ2v) is 20.1. The minimum absolute atomic E-state index is 0.0185. The first kappa shape index (κ1) is 39.2. The standard InChI is InChI=1S/C42H73N3O7/c1-10-50-35(38(5,6)48)28-25-27(2)32-33(51-28)34(46)40(8)30-12-11-29-37(3,4)31(13-14-41(29)26-42(30,41)16-15-39(32,40)7)52-36(47)43-17-18-44-19-21-45(22-20-44)23-24-49-9/h27-35,46,48H,10-26H2,1-9H3,(H,43,47)/t27-,28?,29+,30?,31+,32+,33?,34+,35+,39-,40-,41-,42?/m1/s1. The molecule has 2 saturated heterocycles. The maximum absolute atomic E-state index is 13.2. The molecule has 298 valence electrons. The van der Waals surface area contributed by atoms with Gasteiger partial charge in [-0.2, -0.15) is 0 Å². The Bertz CT molecular complexity index is 1300. The van der Waals surface area contributed by atoms with Crippen molar-refractivity contribution in [2.75, 3.05) is 66.1 Å². The molecule has 5 aliphatic carbocycles. The van der Waals surface area contributed by atoms with Gasteiger partial charge in [-0.05, 0) is 112 Å². The lowest BCUT2D eigenvalue weighted by atomic mass is 9.41. The Labute approximate surface area is 314 Å². The van der Waals surface area contributed by atoms with E-state index in [-0.39, 0.29) is 57.4 Å². The minimum atomic E-state index is -1.03. The van der Waals surface area contributed by atoms with E-state index >= 15 is 0 Å². The van der Waals surface area contributed by atoms with Crippen molar-refractivity contribution < 1.29 is 34.0 Å². The second-order valence-electron chi connectivity index (χ2n) is 20.1. The van der Waals surface area contributed by atoms with Gasteiger partial charge in [0.2, 0.25) is 0 Å². The van der Waals surface area contributed by atoms with E-state index in [9.17, 15) is 15.0 Å². The van der Waals surface area contributed by atoms with Crippen molar-refractivity contribution >= 4 is 6.09 Å². The van der Waals surface area contributed by atoms with Crippen LogP contribution >= 0.6 is 0 Å². The second kappa shape index (κ2) is 13.9. The predicted octanol–water partition coefficient (Wildman–Crippen LogP) is 5.33. The van der Waals surface area contributed by atoms with Crippen LogP contribution in [-0.4, -0.2) is 128 Å². The third-order valence-corrected chi connectivity index (χ3v) is 17.2. The molecule has 0 aromatic carbocycles. The SMILES string of the molecule is CCO[C@@H](C1C[C@@H](C)[C@H]2C(O1)[C@H](O)[C@@]1(C)C3CC[C@H]4C(C)(C)[C@@H](OC(=O)NCCN5CCN(CCOC)CC5)CC[C@@]45CC35CC[C@]21C)C(C)(C)O. The summed E-state index contributed by atoms with van der Waals surface area (Å²) in [5.74, 6) is 1.59. The number of aliphatic hydroxyl groups excluding tert-OH is 1. The number of carbonyl (C=O) groups excluding carboxylic acids is 1. The van der Waals surface area contributed by atoms with Crippen molar-refractivity contribution in [1.82, 2.24) is 15.1 Å². The van der Waals surface area contributed by atoms with Crippen molar-refractivity contribution in [3.05, 3.63) is 0 Å². The summed E-state index contributed by atoms with van der Waals surface area (Å²) >= 11 is 0. The molecular weight excluding hydrogens is 658 g/mol. The van der Waals surface area contributed by atoms with Crippen LogP contribution in [-0.2, 0) is 18.9 Å². The molecule has 0 radical (unpaired) electrons. The molecule has 7 rings (SSSR count). The lowest BCUT2D eigenvalue weighted by molar-refractivity contribution is -0.215. The molecule has 7 aliphatic rings. The molecule has 2 aliphatic heterocycles. The van der Waals surface area contributed by atoms with E-state index in [1.165, 1.54) is 12.8 Å². The highest BCUT2D eigenvalue weighted by Crippen LogP contribution is 2.89. The van der Waals surface area contributed by atoms with Crippen LogP contribution in [0.25, 0.3) is 0 Å². The number of hydrogen-bond acceptors (Lipinski definition) is 9. The first-order valence-electron chi connectivity index (χ1n) is 21.1. The molecule has 2 heterocycles. The van der Waals surface area contributed by atoms with Gasteiger partial charge in [0.05, 0.1) is 30.5 Å². The number of ether oxygens (including phenoxy) is 4. The number of piperazine rings is 1. The Balaban J connectivity index is 1.00.